The van der Waals surface area contributed by atoms with Crippen LogP contribution in [0.25, 0.3) is 0 Å². The Balaban J connectivity index is 0.00000151. The van der Waals surface area contributed by atoms with Gasteiger partial charge in [0, 0.05) is 59.6 Å². The van der Waals surface area contributed by atoms with Crippen LogP contribution in [0.3, 0.4) is 0 Å². The predicted molar refractivity (Wildman–Crippen MR) is 180 cm³/mol. The largest absolute Gasteiger partial charge is 1.00 e. The standard InChI is InChI=1S/C35H44N2O5S.Na.HO3P/c1-34(2)27-17-10-12-19-29(27)36(24-14-6-9-23-33(38)39)31(34)21-7-5-8-22-32-35(3,4)28-18-11-13-20-30(28)37(32)25-15-16-26-43(40,41)42;;1-4(2)3/h5,7-8,10-13,17-22H,6,9,14-16,23-26H2,1-4H3,(H-,38,39,40,41,42);;(H,1,2,3)/q;+1;/p-1. The van der Waals surface area contributed by atoms with E-state index in [0.717, 1.165) is 30.8 Å². The summed E-state index contributed by atoms with van der Waals surface area (Å²) in [7, 11) is -7.58. The first-order chi connectivity index (χ1) is 22.1. The minimum Gasteiger partial charge on any atom is -0.748 e. The van der Waals surface area contributed by atoms with E-state index >= 15 is 0 Å². The summed E-state index contributed by atoms with van der Waals surface area (Å²) in [6.45, 7) is 10.4. The van der Waals surface area contributed by atoms with Crippen LogP contribution >= 0.6 is 8.25 Å². The number of carboxylic acid groups (broad SMARTS) is 1. The zero-order valence-electron chi connectivity index (χ0n) is 28.4. The molecule has 2 aromatic carbocycles. The topological polar surface area (TPSA) is 164 Å². The smallest absolute Gasteiger partial charge is 0.748 e. The van der Waals surface area contributed by atoms with Crippen molar-refractivity contribution in [2.24, 2.45) is 0 Å². The van der Waals surface area contributed by atoms with Gasteiger partial charge in [0.15, 0.2) is 5.71 Å². The zero-order valence-corrected chi connectivity index (χ0v) is 32.1. The number of carboxylic acids is 1. The number of fused-ring (bicyclic) bond motifs is 2. The molecule has 2 aromatic rings. The van der Waals surface area contributed by atoms with E-state index in [2.05, 4.69) is 97.9 Å². The monoisotopic (exact) mass is 706 g/mol. The van der Waals surface area contributed by atoms with Crippen molar-refractivity contribution in [1.29, 1.82) is 0 Å². The maximum atomic E-state index is 11.1. The summed E-state index contributed by atoms with van der Waals surface area (Å²) in [5.41, 5.74) is 6.80. The Kier molecular flexibility index (Phi) is 16.1. The molecule has 0 unspecified atom stereocenters. The van der Waals surface area contributed by atoms with Crippen molar-refractivity contribution >= 4 is 41.4 Å². The van der Waals surface area contributed by atoms with Crippen molar-refractivity contribution in [3.05, 3.63) is 95.7 Å². The Morgan fingerprint density at radius 1 is 0.896 bits per heavy atom. The molecule has 0 atom stereocenters. The average Bonchev–Trinajstić information content (AvgIpc) is 3.33. The van der Waals surface area contributed by atoms with Crippen molar-refractivity contribution in [2.75, 3.05) is 23.7 Å². The Hall–Kier alpha value is -2.47. The molecule has 2 aliphatic heterocycles. The van der Waals surface area contributed by atoms with Crippen molar-refractivity contribution in [2.45, 2.75) is 77.0 Å². The van der Waals surface area contributed by atoms with Gasteiger partial charge >= 0.3 is 35.5 Å². The predicted octanol–water partition coefficient (Wildman–Crippen LogP) is 2.20. The second-order valence-electron chi connectivity index (χ2n) is 12.7. The number of carbonyl (C=O) groups is 1. The van der Waals surface area contributed by atoms with Crippen LogP contribution in [0.1, 0.15) is 77.3 Å². The molecule has 0 saturated carbocycles. The fourth-order valence-electron chi connectivity index (χ4n) is 6.39. The second-order valence-corrected chi connectivity index (χ2v) is 14.6. The van der Waals surface area contributed by atoms with Crippen LogP contribution in [0.2, 0.25) is 0 Å². The van der Waals surface area contributed by atoms with Crippen molar-refractivity contribution in [3.63, 3.8) is 0 Å². The Labute approximate surface area is 307 Å². The Morgan fingerprint density at radius 2 is 1.52 bits per heavy atom. The van der Waals surface area contributed by atoms with Crippen molar-refractivity contribution < 1.29 is 71.4 Å². The molecule has 2 heterocycles. The summed E-state index contributed by atoms with van der Waals surface area (Å²) in [6, 6.07) is 16.8. The number of nitrogens with zero attached hydrogens (tertiary/aromatic N) is 2. The van der Waals surface area contributed by atoms with Gasteiger partial charge in [0.05, 0.1) is 15.5 Å². The maximum Gasteiger partial charge on any atom is 1.00 e. The molecular weight excluding hydrogens is 662 g/mol. The minimum absolute atomic E-state index is 0. The van der Waals surface area contributed by atoms with Gasteiger partial charge in [-0.25, -0.2) is 8.42 Å². The van der Waals surface area contributed by atoms with Gasteiger partial charge in [-0.3, -0.25) is 4.79 Å². The van der Waals surface area contributed by atoms with E-state index in [9.17, 15) is 17.8 Å². The second kappa shape index (κ2) is 18.5. The molecule has 48 heavy (non-hydrogen) atoms. The van der Waals surface area contributed by atoms with E-state index in [1.807, 2.05) is 18.2 Å². The fraction of sp³-hybridized carbons (Fsp3) is 0.429. The van der Waals surface area contributed by atoms with Crippen LogP contribution in [0, 0.1) is 0 Å². The van der Waals surface area contributed by atoms with Gasteiger partial charge in [0.25, 0.3) is 8.25 Å². The molecule has 0 spiro atoms. The molecule has 0 bridgehead atoms. The number of rotatable bonds is 14. The van der Waals surface area contributed by atoms with E-state index in [-0.39, 0.29) is 52.6 Å². The molecule has 4 rings (SSSR count). The number of allylic oxidation sites excluding steroid dienone is 6. The van der Waals surface area contributed by atoms with Gasteiger partial charge in [0.1, 0.15) is 6.54 Å². The molecule has 1 N–H and O–H groups in total. The first kappa shape index (κ1) is 41.7. The quantitative estimate of drug-likeness (QED) is 0.0775. The van der Waals surface area contributed by atoms with Crippen LogP contribution in [-0.4, -0.2) is 53.2 Å². The number of para-hydroxylation sites is 2. The summed E-state index contributed by atoms with van der Waals surface area (Å²) in [5.74, 6) is -1.08. The molecular formula is C35H44N2NaO8PS. The summed E-state index contributed by atoms with van der Waals surface area (Å²) in [5, 5.41) is 8.97. The van der Waals surface area contributed by atoms with Crippen LogP contribution in [0.15, 0.2) is 84.6 Å². The van der Waals surface area contributed by atoms with E-state index < -0.39 is 24.3 Å². The van der Waals surface area contributed by atoms with Crippen LogP contribution in [0.5, 0.6) is 0 Å². The van der Waals surface area contributed by atoms with Crippen LogP contribution in [0.4, 0.5) is 11.4 Å². The van der Waals surface area contributed by atoms with E-state index in [1.165, 1.54) is 22.5 Å². The average molecular weight is 707 g/mol. The number of unbranched alkanes of at least 4 members (excludes halogenated alkanes) is 3. The number of anilines is 1. The number of aliphatic carboxylic acids is 1. The maximum absolute atomic E-state index is 11.1. The fourth-order valence-corrected chi connectivity index (χ4v) is 6.95. The zero-order chi connectivity index (χ0) is 34.8. The molecule has 0 fully saturated rings. The molecule has 0 radical (unpaired) electrons. The summed E-state index contributed by atoms with van der Waals surface area (Å²) in [6.07, 6.45) is 14.1. The van der Waals surface area contributed by atoms with Crippen molar-refractivity contribution in [3.8, 4) is 0 Å². The van der Waals surface area contributed by atoms with Crippen LogP contribution in [-0.2, 0) is 30.3 Å². The van der Waals surface area contributed by atoms with E-state index in [4.69, 9.17) is 19.5 Å². The van der Waals surface area contributed by atoms with E-state index in [1.54, 1.807) is 0 Å². The molecule has 254 valence electrons. The van der Waals surface area contributed by atoms with Gasteiger partial charge in [0.2, 0.25) is 5.69 Å². The summed E-state index contributed by atoms with van der Waals surface area (Å²) >= 11 is 0. The number of benzene rings is 2. The third-order valence-corrected chi connectivity index (χ3v) is 9.42. The Morgan fingerprint density at radius 3 is 2.17 bits per heavy atom. The SMILES string of the molecule is CC1(C)C(/C=C/C=C/C=C2/N(CCCCS(=O)(=O)[O-])c3ccccc3C2(C)C)=[N+](CCCCCC(=O)O)c2ccccc21.O=[P+]([O-])[O-].[Na+]. The van der Waals surface area contributed by atoms with Crippen LogP contribution < -0.4 is 44.2 Å². The molecule has 0 aromatic heterocycles. The third-order valence-electron chi connectivity index (χ3n) is 8.63. The first-order valence-electron chi connectivity index (χ1n) is 15.7. The summed E-state index contributed by atoms with van der Waals surface area (Å²) < 4.78 is 44.1. The van der Waals surface area contributed by atoms with Gasteiger partial charge < -0.3 is 24.3 Å². The van der Waals surface area contributed by atoms with E-state index in [0.29, 0.717) is 25.8 Å². The molecule has 10 nitrogen and oxygen atoms in total. The third kappa shape index (κ3) is 11.3. The first-order valence-corrected chi connectivity index (χ1v) is 18.4. The van der Waals surface area contributed by atoms with Gasteiger partial charge in [-0.15, -0.1) is 0 Å². The Bertz CT molecular complexity index is 1680. The molecule has 13 heteroatoms. The summed E-state index contributed by atoms with van der Waals surface area (Å²) in [4.78, 5) is 30.1. The normalized spacial score (nSPS) is 16.9. The van der Waals surface area contributed by atoms with Gasteiger partial charge in [-0.2, -0.15) is 4.58 Å². The minimum atomic E-state index is -4.21. The molecule has 0 aliphatic carbocycles. The van der Waals surface area contributed by atoms with Gasteiger partial charge in [-0.1, -0.05) is 73.0 Å². The molecule has 0 saturated heterocycles. The molecule has 2 aliphatic rings. The van der Waals surface area contributed by atoms with Gasteiger partial charge in [-0.05, 0) is 57.2 Å². The molecule has 0 amide bonds. The van der Waals surface area contributed by atoms with Crippen molar-refractivity contribution in [1.82, 2.24) is 0 Å². The number of hydrogen-bond donors (Lipinski definition) is 1. The number of hydrogen-bond acceptors (Lipinski definition) is 8.